The number of esters is 1. The number of carbonyl (C=O) groups is 3. The number of methoxy groups -OCH3 is 1. The van der Waals surface area contributed by atoms with Crippen molar-refractivity contribution in [1.82, 2.24) is 25.4 Å². The predicted molar refractivity (Wildman–Crippen MR) is 143 cm³/mol. The molecular weight excluding hydrogens is 502 g/mol. The van der Waals surface area contributed by atoms with Gasteiger partial charge in [-0.05, 0) is 51.0 Å². The molecule has 3 N–H and O–H groups in total. The quantitative estimate of drug-likeness (QED) is 0.334. The molecule has 0 bridgehead atoms. The lowest BCUT2D eigenvalue weighted by Gasteiger charge is -2.25. The van der Waals surface area contributed by atoms with Crippen LogP contribution in [-0.4, -0.2) is 56.6 Å². The van der Waals surface area contributed by atoms with Gasteiger partial charge in [-0.15, -0.1) is 10.2 Å². The third-order valence-electron chi connectivity index (χ3n) is 5.86. The molecule has 11 nitrogen and oxygen atoms in total. The van der Waals surface area contributed by atoms with Crippen LogP contribution in [0.5, 0.6) is 5.75 Å². The summed E-state index contributed by atoms with van der Waals surface area (Å²) >= 11 is 0. The summed E-state index contributed by atoms with van der Waals surface area (Å²) in [5.74, 6) is -0.640. The molecule has 0 saturated heterocycles. The van der Waals surface area contributed by atoms with Crippen molar-refractivity contribution in [1.29, 1.82) is 0 Å². The van der Waals surface area contributed by atoms with Crippen molar-refractivity contribution in [2.45, 2.75) is 64.3 Å². The SMILES string of the molecule is COC(=O)[C@H](Cc1ccc(O)cc1)NC(=O)[C@H](C)n1cnnc1[C@H](Cc1ccccc1)NC(=O)OC(C)(C)C. The van der Waals surface area contributed by atoms with Crippen molar-refractivity contribution >= 4 is 18.0 Å². The molecule has 208 valence electrons. The summed E-state index contributed by atoms with van der Waals surface area (Å²) in [6, 6.07) is 13.4. The van der Waals surface area contributed by atoms with E-state index in [1.54, 1.807) is 44.4 Å². The van der Waals surface area contributed by atoms with Gasteiger partial charge in [-0.25, -0.2) is 9.59 Å². The Morgan fingerprint density at radius 3 is 2.23 bits per heavy atom. The first kappa shape index (κ1) is 29.2. The van der Waals surface area contributed by atoms with Crippen molar-refractivity contribution in [3.8, 4) is 5.75 Å². The average molecular weight is 538 g/mol. The number of rotatable bonds is 10. The van der Waals surface area contributed by atoms with Crippen LogP contribution in [-0.2, 0) is 31.9 Å². The van der Waals surface area contributed by atoms with Gasteiger partial charge in [-0.1, -0.05) is 42.5 Å². The molecule has 3 rings (SSSR count). The Bertz CT molecular complexity index is 1250. The number of hydrogen-bond acceptors (Lipinski definition) is 8. The summed E-state index contributed by atoms with van der Waals surface area (Å²) in [6.45, 7) is 6.95. The minimum absolute atomic E-state index is 0.0937. The molecule has 0 aliphatic carbocycles. The summed E-state index contributed by atoms with van der Waals surface area (Å²) in [7, 11) is 1.25. The van der Waals surface area contributed by atoms with Gasteiger partial charge in [0.1, 0.15) is 29.8 Å². The molecule has 0 unspecified atom stereocenters. The third-order valence-corrected chi connectivity index (χ3v) is 5.86. The molecule has 3 aromatic rings. The van der Waals surface area contributed by atoms with Crippen molar-refractivity contribution < 1.29 is 29.0 Å². The largest absolute Gasteiger partial charge is 0.508 e. The van der Waals surface area contributed by atoms with Crippen LogP contribution in [0.1, 0.15) is 56.7 Å². The van der Waals surface area contributed by atoms with Gasteiger partial charge in [0.2, 0.25) is 5.91 Å². The number of phenols is 1. The van der Waals surface area contributed by atoms with Gasteiger partial charge < -0.3 is 29.8 Å². The zero-order valence-electron chi connectivity index (χ0n) is 22.7. The van der Waals surface area contributed by atoms with Gasteiger partial charge in [0.25, 0.3) is 0 Å². The Morgan fingerprint density at radius 2 is 1.62 bits per heavy atom. The standard InChI is InChI=1S/C28H35N5O6/c1-18(25(35)30-23(26(36)38-5)16-20-11-13-21(34)14-12-20)33-17-29-32-24(33)22(15-19-9-7-6-8-10-19)31-27(37)39-28(2,3)4/h6-14,17-18,22-23,34H,15-16H2,1-5H3,(H,30,35)(H,31,37)/t18-,22-,23-/m0/s1. The number of alkyl carbamates (subject to hydrolysis) is 1. The van der Waals surface area contributed by atoms with Gasteiger partial charge in [-0.3, -0.25) is 4.79 Å². The molecule has 0 aliphatic rings. The number of nitrogens with zero attached hydrogens (tertiary/aromatic N) is 3. The smallest absolute Gasteiger partial charge is 0.408 e. The van der Waals surface area contributed by atoms with Gasteiger partial charge in [0, 0.05) is 12.8 Å². The Morgan fingerprint density at radius 1 is 0.974 bits per heavy atom. The fraction of sp³-hybridized carbons (Fsp3) is 0.393. The lowest BCUT2D eigenvalue weighted by molar-refractivity contribution is -0.145. The molecule has 0 fully saturated rings. The Hall–Kier alpha value is -4.41. The van der Waals surface area contributed by atoms with Crippen molar-refractivity contribution in [2.75, 3.05) is 7.11 Å². The highest BCUT2D eigenvalue weighted by atomic mass is 16.6. The second-order valence-electron chi connectivity index (χ2n) is 10.1. The van der Waals surface area contributed by atoms with E-state index in [9.17, 15) is 19.5 Å². The van der Waals surface area contributed by atoms with E-state index in [-0.39, 0.29) is 12.2 Å². The third kappa shape index (κ3) is 8.56. The Labute approximate surface area is 227 Å². The lowest BCUT2D eigenvalue weighted by Crippen LogP contribution is -2.46. The first-order chi connectivity index (χ1) is 18.5. The van der Waals surface area contributed by atoms with Crippen LogP contribution in [0, 0.1) is 0 Å². The zero-order chi connectivity index (χ0) is 28.6. The van der Waals surface area contributed by atoms with E-state index in [2.05, 4.69) is 20.8 Å². The van der Waals surface area contributed by atoms with Crippen LogP contribution in [0.4, 0.5) is 4.79 Å². The molecule has 0 spiro atoms. The fourth-order valence-electron chi connectivity index (χ4n) is 3.93. The first-order valence-electron chi connectivity index (χ1n) is 12.6. The van der Waals surface area contributed by atoms with E-state index in [1.807, 2.05) is 30.3 Å². The fourth-order valence-corrected chi connectivity index (χ4v) is 3.93. The second-order valence-corrected chi connectivity index (χ2v) is 10.1. The van der Waals surface area contributed by atoms with Crippen LogP contribution < -0.4 is 10.6 Å². The van der Waals surface area contributed by atoms with Gasteiger partial charge in [0.15, 0.2) is 5.82 Å². The van der Waals surface area contributed by atoms with Crippen LogP contribution >= 0.6 is 0 Å². The maximum atomic E-state index is 13.3. The topological polar surface area (TPSA) is 145 Å². The lowest BCUT2D eigenvalue weighted by atomic mass is 10.0. The summed E-state index contributed by atoms with van der Waals surface area (Å²) in [4.78, 5) is 38.5. The van der Waals surface area contributed by atoms with E-state index in [0.29, 0.717) is 12.2 Å². The number of amides is 2. The maximum Gasteiger partial charge on any atom is 0.408 e. The van der Waals surface area contributed by atoms with E-state index >= 15 is 0 Å². The molecule has 0 saturated carbocycles. The van der Waals surface area contributed by atoms with E-state index in [1.165, 1.54) is 25.6 Å². The molecule has 3 atom stereocenters. The Kier molecular flexibility index (Phi) is 9.64. The highest BCUT2D eigenvalue weighted by molar-refractivity contribution is 5.86. The minimum atomic E-state index is -0.963. The summed E-state index contributed by atoms with van der Waals surface area (Å²) in [6.07, 6.45) is 1.31. The second kappa shape index (κ2) is 12.9. The van der Waals surface area contributed by atoms with Crippen LogP contribution in [0.3, 0.4) is 0 Å². The molecule has 0 radical (unpaired) electrons. The summed E-state index contributed by atoms with van der Waals surface area (Å²) in [5.41, 5.74) is 0.957. The number of phenolic OH excluding ortho intramolecular Hbond substituents is 1. The molecule has 39 heavy (non-hydrogen) atoms. The number of aromatic nitrogens is 3. The number of benzene rings is 2. The van der Waals surface area contributed by atoms with Gasteiger partial charge in [0.05, 0.1) is 13.2 Å². The molecule has 11 heteroatoms. The van der Waals surface area contributed by atoms with Crippen molar-refractivity contribution in [3.63, 3.8) is 0 Å². The first-order valence-corrected chi connectivity index (χ1v) is 12.6. The molecular formula is C28H35N5O6. The van der Waals surface area contributed by atoms with E-state index in [0.717, 1.165) is 11.1 Å². The molecule has 1 aromatic heterocycles. The van der Waals surface area contributed by atoms with Crippen molar-refractivity contribution in [2.24, 2.45) is 0 Å². The number of aromatic hydroxyl groups is 1. The number of hydrogen-bond donors (Lipinski definition) is 3. The maximum absolute atomic E-state index is 13.3. The highest BCUT2D eigenvalue weighted by Gasteiger charge is 2.30. The van der Waals surface area contributed by atoms with Crippen LogP contribution in [0.15, 0.2) is 60.9 Å². The van der Waals surface area contributed by atoms with Crippen LogP contribution in [0.25, 0.3) is 0 Å². The van der Waals surface area contributed by atoms with E-state index < -0.39 is 41.7 Å². The number of carbonyl (C=O) groups excluding carboxylic acids is 3. The van der Waals surface area contributed by atoms with Crippen molar-refractivity contribution in [3.05, 3.63) is 77.9 Å². The average Bonchev–Trinajstić information content (AvgIpc) is 3.37. The summed E-state index contributed by atoms with van der Waals surface area (Å²) < 4.78 is 11.9. The highest BCUT2D eigenvalue weighted by Crippen LogP contribution is 2.21. The monoisotopic (exact) mass is 537 g/mol. The Balaban J connectivity index is 1.83. The van der Waals surface area contributed by atoms with Crippen LogP contribution in [0.2, 0.25) is 0 Å². The van der Waals surface area contributed by atoms with E-state index in [4.69, 9.17) is 9.47 Å². The molecule has 2 amide bonds. The number of ether oxygens (including phenoxy) is 2. The predicted octanol–water partition coefficient (Wildman–Crippen LogP) is 3.25. The minimum Gasteiger partial charge on any atom is -0.508 e. The molecule has 1 heterocycles. The van der Waals surface area contributed by atoms with Gasteiger partial charge >= 0.3 is 12.1 Å². The molecule has 0 aliphatic heterocycles. The summed E-state index contributed by atoms with van der Waals surface area (Å²) in [5, 5.41) is 23.4. The molecule has 2 aromatic carbocycles. The normalized spacial score (nSPS) is 13.6. The van der Waals surface area contributed by atoms with Gasteiger partial charge in [-0.2, -0.15) is 0 Å². The zero-order valence-corrected chi connectivity index (χ0v) is 22.7. The number of nitrogens with one attached hydrogen (secondary N) is 2.